The molecule has 6 heteroatoms. The van der Waals surface area contributed by atoms with E-state index in [2.05, 4.69) is 16.9 Å². The van der Waals surface area contributed by atoms with Crippen molar-refractivity contribution < 1.29 is 14.2 Å². The van der Waals surface area contributed by atoms with E-state index in [9.17, 15) is 0 Å². The Morgan fingerprint density at radius 3 is 2.67 bits per heavy atom. The van der Waals surface area contributed by atoms with Crippen LogP contribution in [-0.2, 0) is 15.9 Å². The molecule has 0 unspecified atom stereocenters. The Labute approximate surface area is 107 Å². The van der Waals surface area contributed by atoms with Gasteiger partial charge in [-0.3, -0.25) is 0 Å². The smallest absolute Gasteiger partial charge is 0.218 e. The summed E-state index contributed by atoms with van der Waals surface area (Å²) in [6, 6.07) is 1.62. The van der Waals surface area contributed by atoms with Gasteiger partial charge in [0.05, 0.1) is 19.8 Å². The molecule has 0 spiro atoms. The van der Waals surface area contributed by atoms with Crippen molar-refractivity contribution in [3.05, 3.63) is 11.9 Å². The molecule has 1 heterocycles. The first-order valence-electron chi connectivity index (χ1n) is 6.09. The number of anilines is 1. The molecule has 0 saturated heterocycles. The molecule has 1 aromatic heterocycles. The largest absolute Gasteiger partial charge is 0.475 e. The SMILES string of the molecule is CCCc1nc(N)cc(OCCOCCOC)n1. The summed E-state index contributed by atoms with van der Waals surface area (Å²) in [5, 5.41) is 0. The van der Waals surface area contributed by atoms with Crippen molar-refractivity contribution in [3.8, 4) is 5.88 Å². The van der Waals surface area contributed by atoms with E-state index in [1.165, 1.54) is 0 Å². The van der Waals surface area contributed by atoms with Crippen molar-refractivity contribution in [2.45, 2.75) is 19.8 Å². The Morgan fingerprint density at radius 1 is 1.17 bits per heavy atom. The first kappa shape index (κ1) is 14.7. The van der Waals surface area contributed by atoms with Crippen LogP contribution >= 0.6 is 0 Å². The summed E-state index contributed by atoms with van der Waals surface area (Å²) in [4.78, 5) is 8.39. The quantitative estimate of drug-likeness (QED) is 0.664. The molecule has 0 saturated carbocycles. The fourth-order valence-electron chi connectivity index (χ4n) is 1.35. The zero-order valence-corrected chi connectivity index (χ0v) is 11.0. The summed E-state index contributed by atoms with van der Waals surface area (Å²) in [6.45, 7) is 4.15. The predicted molar refractivity (Wildman–Crippen MR) is 68.6 cm³/mol. The third kappa shape index (κ3) is 5.79. The van der Waals surface area contributed by atoms with Crippen LogP contribution < -0.4 is 10.5 Å². The molecular formula is C12H21N3O3. The van der Waals surface area contributed by atoms with E-state index in [-0.39, 0.29) is 0 Å². The van der Waals surface area contributed by atoms with Crippen molar-refractivity contribution in [1.29, 1.82) is 0 Å². The lowest BCUT2D eigenvalue weighted by atomic mass is 10.3. The Kier molecular flexibility index (Phi) is 7.05. The van der Waals surface area contributed by atoms with Gasteiger partial charge in [0.1, 0.15) is 18.2 Å². The number of nitrogens with two attached hydrogens (primary N) is 1. The second-order valence-corrected chi connectivity index (χ2v) is 3.75. The van der Waals surface area contributed by atoms with E-state index in [4.69, 9.17) is 19.9 Å². The second kappa shape index (κ2) is 8.66. The minimum Gasteiger partial charge on any atom is -0.475 e. The molecule has 0 aromatic carbocycles. The van der Waals surface area contributed by atoms with Crippen LogP contribution in [-0.4, -0.2) is 43.5 Å². The molecule has 0 aliphatic carbocycles. The molecule has 0 radical (unpaired) electrons. The van der Waals surface area contributed by atoms with Gasteiger partial charge in [0.2, 0.25) is 5.88 Å². The highest BCUT2D eigenvalue weighted by atomic mass is 16.5. The summed E-state index contributed by atoms with van der Waals surface area (Å²) in [7, 11) is 1.64. The summed E-state index contributed by atoms with van der Waals surface area (Å²) in [5.41, 5.74) is 5.68. The summed E-state index contributed by atoms with van der Waals surface area (Å²) in [6.07, 6.45) is 1.77. The third-order valence-electron chi connectivity index (χ3n) is 2.15. The maximum Gasteiger partial charge on any atom is 0.218 e. The second-order valence-electron chi connectivity index (χ2n) is 3.75. The molecule has 1 rings (SSSR count). The van der Waals surface area contributed by atoms with Crippen LogP contribution in [0.3, 0.4) is 0 Å². The zero-order valence-electron chi connectivity index (χ0n) is 11.0. The monoisotopic (exact) mass is 255 g/mol. The first-order chi connectivity index (χ1) is 8.76. The third-order valence-corrected chi connectivity index (χ3v) is 2.15. The number of methoxy groups -OCH3 is 1. The fourth-order valence-corrected chi connectivity index (χ4v) is 1.35. The average Bonchev–Trinajstić information content (AvgIpc) is 2.33. The van der Waals surface area contributed by atoms with Crippen LogP contribution in [0.2, 0.25) is 0 Å². The van der Waals surface area contributed by atoms with E-state index in [0.717, 1.165) is 12.8 Å². The van der Waals surface area contributed by atoms with Gasteiger partial charge in [-0.2, -0.15) is 4.98 Å². The molecule has 2 N–H and O–H groups in total. The highest BCUT2D eigenvalue weighted by molar-refractivity contribution is 5.32. The number of nitrogens with zero attached hydrogens (tertiary/aromatic N) is 2. The van der Waals surface area contributed by atoms with Gasteiger partial charge in [-0.05, 0) is 6.42 Å². The summed E-state index contributed by atoms with van der Waals surface area (Å²) in [5.74, 6) is 1.65. The van der Waals surface area contributed by atoms with Crippen LogP contribution in [0, 0.1) is 0 Å². The van der Waals surface area contributed by atoms with E-state index in [0.29, 0.717) is 43.9 Å². The van der Waals surface area contributed by atoms with Crippen LogP contribution in [0.15, 0.2) is 6.07 Å². The lowest BCUT2D eigenvalue weighted by molar-refractivity contribution is 0.0536. The van der Waals surface area contributed by atoms with E-state index < -0.39 is 0 Å². The normalized spacial score (nSPS) is 10.6. The van der Waals surface area contributed by atoms with Crippen LogP contribution in [0.1, 0.15) is 19.2 Å². The molecule has 0 aliphatic heterocycles. The average molecular weight is 255 g/mol. The standard InChI is InChI=1S/C12H21N3O3/c1-3-4-11-14-10(13)9-12(15-11)18-8-7-17-6-5-16-2/h9H,3-8H2,1-2H3,(H2,13,14,15). The zero-order chi connectivity index (χ0) is 13.2. The van der Waals surface area contributed by atoms with Gasteiger partial charge in [-0.15, -0.1) is 0 Å². The van der Waals surface area contributed by atoms with Crippen molar-refractivity contribution in [2.75, 3.05) is 39.3 Å². The van der Waals surface area contributed by atoms with E-state index >= 15 is 0 Å². The van der Waals surface area contributed by atoms with Crippen molar-refractivity contribution in [2.24, 2.45) is 0 Å². The van der Waals surface area contributed by atoms with E-state index in [1.54, 1.807) is 13.2 Å². The molecule has 6 nitrogen and oxygen atoms in total. The van der Waals surface area contributed by atoms with Gasteiger partial charge in [0.15, 0.2) is 0 Å². The molecule has 1 aromatic rings. The van der Waals surface area contributed by atoms with Gasteiger partial charge >= 0.3 is 0 Å². The lowest BCUT2D eigenvalue weighted by Gasteiger charge is -2.08. The summed E-state index contributed by atoms with van der Waals surface area (Å²) < 4.78 is 15.6. The Hall–Kier alpha value is -1.40. The molecule has 0 amide bonds. The molecule has 0 fully saturated rings. The van der Waals surface area contributed by atoms with Gasteiger partial charge in [-0.25, -0.2) is 4.98 Å². The minimum absolute atomic E-state index is 0.434. The highest BCUT2D eigenvalue weighted by Gasteiger charge is 2.03. The number of rotatable bonds is 9. The van der Waals surface area contributed by atoms with Gasteiger partial charge in [0, 0.05) is 19.6 Å². The molecule has 0 bridgehead atoms. The van der Waals surface area contributed by atoms with Gasteiger partial charge < -0.3 is 19.9 Å². The van der Waals surface area contributed by atoms with Crippen LogP contribution in [0.4, 0.5) is 5.82 Å². The van der Waals surface area contributed by atoms with Gasteiger partial charge in [0.25, 0.3) is 0 Å². The number of hydrogen-bond donors (Lipinski definition) is 1. The number of ether oxygens (including phenoxy) is 3. The number of aromatic nitrogens is 2. The molecule has 102 valence electrons. The topological polar surface area (TPSA) is 79.5 Å². The number of hydrogen-bond acceptors (Lipinski definition) is 6. The molecule has 0 atom stereocenters. The van der Waals surface area contributed by atoms with Crippen LogP contribution in [0.5, 0.6) is 5.88 Å². The first-order valence-corrected chi connectivity index (χ1v) is 6.09. The fraction of sp³-hybridized carbons (Fsp3) is 0.667. The van der Waals surface area contributed by atoms with E-state index in [1.807, 2.05) is 0 Å². The minimum atomic E-state index is 0.434. The Morgan fingerprint density at radius 2 is 1.94 bits per heavy atom. The van der Waals surface area contributed by atoms with Crippen molar-refractivity contribution in [1.82, 2.24) is 9.97 Å². The lowest BCUT2D eigenvalue weighted by Crippen LogP contribution is -2.11. The molecular weight excluding hydrogens is 234 g/mol. The maximum absolute atomic E-state index is 5.68. The highest BCUT2D eigenvalue weighted by Crippen LogP contribution is 2.11. The Balaban J connectivity index is 2.32. The van der Waals surface area contributed by atoms with Gasteiger partial charge in [-0.1, -0.05) is 6.92 Å². The van der Waals surface area contributed by atoms with Crippen molar-refractivity contribution >= 4 is 5.82 Å². The predicted octanol–water partition coefficient (Wildman–Crippen LogP) is 1.05. The molecule has 0 aliphatic rings. The number of aryl methyl sites for hydroxylation is 1. The summed E-state index contributed by atoms with van der Waals surface area (Å²) >= 11 is 0. The van der Waals surface area contributed by atoms with Crippen LogP contribution in [0.25, 0.3) is 0 Å². The maximum atomic E-state index is 5.68. The number of nitrogen functional groups attached to an aromatic ring is 1. The Bertz CT molecular complexity index is 347. The van der Waals surface area contributed by atoms with Crippen molar-refractivity contribution in [3.63, 3.8) is 0 Å². The molecule has 18 heavy (non-hydrogen) atoms.